The maximum absolute atomic E-state index is 12.2. The number of Topliss-reactive ketones (excluding diaryl/α,β-unsaturated/α-hetero) is 1. The van der Waals surface area contributed by atoms with Crippen LogP contribution in [0.5, 0.6) is 0 Å². The second-order valence-electron chi connectivity index (χ2n) is 5.05. The van der Waals surface area contributed by atoms with Gasteiger partial charge < -0.3 is 4.90 Å². The van der Waals surface area contributed by atoms with Crippen molar-refractivity contribution < 1.29 is 4.79 Å². The molecule has 0 radical (unpaired) electrons. The van der Waals surface area contributed by atoms with Gasteiger partial charge in [-0.1, -0.05) is 56.1 Å². The van der Waals surface area contributed by atoms with E-state index < -0.39 is 0 Å². The number of hydrogen-bond donors (Lipinski definition) is 0. The molecule has 110 valence electrons. The van der Waals surface area contributed by atoms with Crippen LogP contribution in [0.1, 0.15) is 22.3 Å². The van der Waals surface area contributed by atoms with Crippen LogP contribution in [0.3, 0.4) is 0 Å². The molecule has 0 spiro atoms. The first-order chi connectivity index (χ1) is 10.0. The molecule has 0 amide bonds. The molecule has 0 heterocycles. The molecule has 2 aromatic rings. The van der Waals surface area contributed by atoms with Gasteiger partial charge in [0.1, 0.15) is 0 Å². The van der Waals surface area contributed by atoms with Gasteiger partial charge in [-0.15, -0.1) is 0 Å². The fourth-order valence-corrected chi connectivity index (χ4v) is 2.97. The van der Waals surface area contributed by atoms with Gasteiger partial charge in [-0.25, -0.2) is 0 Å². The highest BCUT2D eigenvalue weighted by Crippen LogP contribution is 2.15. The predicted molar refractivity (Wildman–Crippen MR) is 93.6 cm³/mol. The molecule has 0 atom stereocenters. The van der Waals surface area contributed by atoms with E-state index in [0.29, 0.717) is 6.42 Å². The lowest BCUT2D eigenvalue weighted by atomic mass is 10.1. The molecule has 0 aliphatic rings. The van der Waals surface area contributed by atoms with Gasteiger partial charge in [0.15, 0.2) is 5.78 Å². The highest BCUT2D eigenvalue weighted by molar-refractivity contribution is 9.10. The van der Waals surface area contributed by atoms with Gasteiger partial charge in [-0.3, -0.25) is 4.79 Å². The van der Waals surface area contributed by atoms with E-state index in [2.05, 4.69) is 48.9 Å². The number of carbonyl (C=O) groups excluding carboxylic acids is 1. The van der Waals surface area contributed by atoms with Crippen LogP contribution in [0.4, 0.5) is 0 Å². The molecule has 0 aliphatic carbocycles. The normalized spacial score (nSPS) is 10.9. The molecule has 0 saturated heterocycles. The van der Waals surface area contributed by atoms with Crippen LogP contribution in [0.2, 0.25) is 0 Å². The molecular formula is C17H17Br2NO. The van der Waals surface area contributed by atoms with Crippen LogP contribution in [-0.4, -0.2) is 24.3 Å². The van der Waals surface area contributed by atoms with Crippen molar-refractivity contribution in [1.82, 2.24) is 4.90 Å². The van der Waals surface area contributed by atoms with Crippen LogP contribution in [0.15, 0.2) is 57.5 Å². The summed E-state index contributed by atoms with van der Waals surface area (Å²) >= 11 is 6.87. The maximum atomic E-state index is 12.2. The van der Waals surface area contributed by atoms with E-state index in [1.807, 2.05) is 43.4 Å². The van der Waals surface area contributed by atoms with Crippen molar-refractivity contribution >= 4 is 37.6 Å². The summed E-state index contributed by atoms with van der Waals surface area (Å²) in [5, 5.41) is 0. The monoisotopic (exact) mass is 409 g/mol. The van der Waals surface area contributed by atoms with E-state index >= 15 is 0 Å². The third kappa shape index (κ3) is 5.38. The lowest BCUT2D eigenvalue weighted by molar-refractivity contribution is 0.0968. The highest BCUT2D eigenvalue weighted by Gasteiger charge is 2.08. The van der Waals surface area contributed by atoms with Crippen LogP contribution in [0.25, 0.3) is 0 Å². The van der Waals surface area contributed by atoms with Gasteiger partial charge in [0.05, 0.1) is 0 Å². The minimum absolute atomic E-state index is 0.178. The Morgan fingerprint density at radius 2 is 1.71 bits per heavy atom. The van der Waals surface area contributed by atoms with E-state index in [9.17, 15) is 4.79 Å². The molecule has 0 aliphatic heterocycles. The Kier molecular flexibility index (Phi) is 6.15. The third-order valence-electron chi connectivity index (χ3n) is 3.21. The predicted octanol–water partition coefficient (Wildman–Crippen LogP) is 4.92. The molecule has 2 rings (SSSR count). The second-order valence-corrected chi connectivity index (χ2v) is 6.88. The summed E-state index contributed by atoms with van der Waals surface area (Å²) < 4.78 is 2.02. The molecule has 0 aromatic heterocycles. The lowest BCUT2D eigenvalue weighted by Crippen LogP contribution is -2.21. The molecule has 0 bridgehead atoms. The first-order valence-corrected chi connectivity index (χ1v) is 8.35. The second kappa shape index (κ2) is 7.87. The van der Waals surface area contributed by atoms with Gasteiger partial charge in [-0.2, -0.15) is 0 Å². The third-order valence-corrected chi connectivity index (χ3v) is 4.20. The molecular weight excluding hydrogens is 394 g/mol. The van der Waals surface area contributed by atoms with E-state index in [1.54, 1.807) is 0 Å². The van der Waals surface area contributed by atoms with Crippen molar-refractivity contribution in [3.05, 3.63) is 68.6 Å². The van der Waals surface area contributed by atoms with Crippen LogP contribution >= 0.6 is 31.9 Å². The van der Waals surface area contributed by atoms with Gasteiger partial charge in [-0.05, 0) is 36.9 Å². The van der Waals surface area contributed by atoms with Crippen molar-refractivity contribution in [3.8, 4) is 0 Å². The Labute approximate surface area is 142 Å². The summed E-state index contributed by atoms with van der Waals surface area (Å²) in [6, 6.07) is 15.8. The number of nitrogens with zero attached hydrogens (tertiary/aromatic N) is 1. The fraction of sp³-hybridized carbons (Fsp3) is 0.235. The highest BCUT2D eigenvalue weighted by atomic mass is 79.9. The minimum atomic E-state index is 0.178. The van der Waals surface area contributed by atoms with E-state index in [4.69, 9.17) is 0 Å². The molecule has 0 saturated carbocycles. The number of carbonyl (C=O) groups is 1. The first-order valence-electron chi connectivity index (χ1n) is 6.76. The quantitative estimate of drug-likeness (QED) is 0.630. The van der Waals surface area contributed by atoms with Crippen molar-refractivity contribution in [1.29, 1.82) is 0 Å². The van der Waals surface area contributed by atoms with Crippen molar-refractivity contribution in [2.75, 3.05) is 13.6 Å². The topological polar surface area (TPSA) is 20.3 Å². The molecule has 0 N–H and O–H groups in total. The van der Waals surface area contributed by atoms with Crippen LogP contribution in [-0.2, 0) is 6.54 Å². The Morgan fingerprint density at radius 1 is 1.05 bits per heavy atom. The average Bonchev–Trinajstić information content (AvgIpc) is 2.45. The molecule has 21 heavy (non-hydrogen) atoms. The Bertz CT molecular complexity index is 628. The van der Waals surface area contributed by atoms with E-state index in [-0.39, 0.29) is 5.78 Å². The van der Waals surface area contributed by atoms with Crippen LogP contribution in [0, 0.1) is 0 Å². The molecule has 2 aromatic carbocycles. The first kappa shape index (κ1) is 16.4. The van der Waals surface area contributed by atoms with E-state index in [0.717, 1.165) is 27.6 Å². The number of ketones is 1. The summed E-state index contributed by atoms with van der Waals surface area (Å²) in [7, 11) is 2.04. The Morgan fingerprint density at radius 3 is 2.38 bits per heavy atom. The smallest absolute Gasteiger partial charge is 0.164 e. The van der Waals surface area contributed by atoms with Gasteiger partial charge in [0.25, 0.3) is 0 Å². The van der Waals surface area contributed by atoms with Crippen molar-refractivity contribution in [2.24, 2.45) is 0 Å². The molecule has 0 fully saturated rings. The van der Waals surface area contributed by atoms with Crippen molar-refractivity contribution in [2.45, 2.75) is 13.0 Å². The van der Waals surface area contributed by atoms with Crippen molar-refractivity contribution in [3.63, 3.8) is 0 Å². The number of rotatable bonds is 6. The fourth-order valence-electron chi connectivity index (χ4n) is 2.12. The number of benzene rings is 2. The largest absolute Gasteiger partial charge is 0.302 e. The summed E-state index contributed by atoms with van der Waals surface area (Å²) in [6.45, 7) is 1.59. The van der Waals surface area contributed by atoms with Gasteiger partial charge >= 0.3 is 0 Å². The minimum Gasteiger partial charge on any atom is -0.302 e. The molecule has 0 unspecified atom stereocenters. The standard InChI is InChI=1S/C17H17Br2NO/c1-20(12-13-4-2-6-15(18)10-13)9-8-17(21)14-5-3-7-16(19)11-14/h2-7,10-11H,8-9,12H2,1H3. The van der Waals surface area contributed by atoms with E-state index in [1.165, 1.54) is 5.56 Å². The summed E-state index contributed by atoms with van der Waals surface area (Å²) in [4.78, 5) is 14.3. The van der Waals surface area contributed by atoms with Gasteiger partial charge in [0, 0.05) is 34.0 Å². The van der Waals surface area contributed by atoms with Crippen LogP contribution < -0.4 is 0 Å². The average molecular weight is 411 g/mol. The Balaban J connectivity index is 1.86. The molecule has 2 nitrogen and oxygen atoms in total. The SMILES string of the molecule is CN(CCC(=O)c1cccc(Br)c1)Cc1cccc(Br)c1. The summed E-state index contributed by atoms with van der Waals surface area (Å²) in [5.41, 5.74) is 2.00. The summed E-state index contributed by atoms with van der Waals surface area (Å²) in [5.74, 6) is 0.178. The number of halogens is 2. The molecule has 4 heteroatoms. The zero-order valence-electron chi connectivity index (χ0n) is 11.9. The zero-order chi connectivity index (χ0) is 15.2. The zero-order valence-corrected chi connectivity index (χ0v) is 15.0. The lowest BCUT2D eigenvalue weighted by Gasteiger charge is -2.16. The maximum Gasteiger partial charge on any atom is 0.164 e. The number of hydrogen-bond acceptors (Lipinski definition) is 2. The summed E-state index contributed by atoms with van der Waals surface area (Å²) in [6.07, 6.45) is 0.529. The Hall–Kier alpha value is -0.970. The van der Waals surface area contributed by atoms with Gasteiger partial charge in [0.2, 0.25) is 0 Å².